The van der Waals surface area contributed by atoms with Crippen LogP contribution in [-0.2, 0) is 0 Å². The van der Waals surface area contributed by atoms with Gasteiger partial charge in [0.25, 0.3) is 0 Å². The zero-order valence-corrected chi connectivity index (χ0v) is 10.4. The van der Waals surface area contributed by atoms with E-state index in [9.17, 15) is 18.0 Å². The van der Waals surface area contributed by atoms with Crippen LogP contribution >= 0.6 is 0 Å². The molecule has 2 rings (SSSR count). The zero-order valence-electron chi connectivity index (χ0n) is 10.4. The summed E-state index contributed by atoms with van der Waals surface area (Å²) in [5.74, 6) is -5.03. The number of halogens is 3. The Labute approximate surface area is 108 Å². The van der Waals surface area contributed by atoms with Crippen LogP contribution < -0.4 is 0 Å². The summed E-state index contributed by atoms with van der Waals surface area (Å²) in [5, 5.41) is 0. The van der Waals surface area contributed by atoms with Crippen LogP contribution in [0.5, 0.6) is 0 Å². The van der Waals surface area contributed by atoms with Crippen LogP contribution in [0.4, 0.5) is 13.2 Å². The molecule has 98 valence electrons. The summed E-state index contributed by atoms with van der Waals surface area (Å²) in [6.07, 6.45) is 0. The van der Waals surface area contributed by atoms with Crippen LogP contribution in [0.15, 0.2) is 30.3 Å². The molecule has 0 heterocycles. The Morgan fingerprint density at radius 3 is 2.05 bits per heavy atom. The van der Waals surface area contributed by atoms with Crippen molar-refractivity contribution in [3.05, 3.63) is 70.0 Å². The third-order valence-corrected chi connectivity index (χ3v) is 2.99. The lowest BCUT2D eigenvalue weighted by atomic mass is 9.94. The lowest BCUT2D eigenvalue weighted by Gasteiger charge is -2.09. The van der Waals surface area contributed by atoms with E-state index in [2.05, 4.69) is 0 Å². The van der Waals surface area contributed by atoms with E-state index in [0.29, 0.717) is 16.7 Å². The molecule has 4 heteroatoms. The normalized spacial score (nSPS) is 10.6. The van der Waals surface area contributed by atoms with Crippen molar-refractivity contribution < 1.29 is 18.0 Å². The van der Waals surface area contributed by atoms with E-state index in [0.717, 1.165) is 12.1 Å². The molecule has 0 saturated heterocycles. The van der Waals surface area contributed by atoms with Crippen LogP contribution in [0, 0.1) is 31.3 Å². The topological polar surface area (TPSA) is 17.1 Å². The minimum Gasteiger partial charge on any atom is -0.288 e. The minimum atomic E-state index is -1.63. The van der Waals surface area contributed by atoms with Gasteiger partial charge < -0.3 is 0 Å². The number of hydrogen-bond donors (Lipinski definition) is 0. The Morgan fingerprint density at radius 1 is 0.895 bits per heavy atom. The molecule has 0 atom stereocenters. The maximum atomic E-state index is 13.6. The maximum absolute atomic E-state index is 13.6. The molecule has 0 spiro atoms. The molecule has 0 aliphatic rings. The predicted octanol–water partition coefficient (Wildman–Crippen LogP) is 3.95. The molecular formula is C15H11F3O. The minimum absolute atomic E-state index is 0.312. The van der Waals surface area contributed by atoms with Crippen molar-refractivity contribution >= 4 is 5.78 Å². The fourth-order valence-electron chi connectivity index (χ4n) is 2.01. The fourth-order valence-corrected chi connectivity index (χ4v) is 2.01. The predicted molar refractivity (Wildman–Crippen MR) is 65.7 cm³/mol. The van der Waals surface area contributed by atoms with Gasteiger partial charge in [0.15, 0.2) is 23.2 Å². The zero-order chi connectivity index (χ0) is 14.2. The number of carbonyl (C=O) groups excluding carboxylic acids is 1. The highest BCUT2D eigenvalue weighted by molar-refractivity contribution is 6.10. The average Bonchev–Trinajstić information content (AvgIpc) is 2.35. The average molecular weight is 264 g/mol. The van der Waals surface area contributed by atoms with Gasteiger partial charge in [0.1, 0.15) is 0 Å². The van der Waals surface area contributed by atoms with Gasteiger partial charge in [-0.2, -0.15) is 0 Å². The summed E-state index contributed by atoms with van der Waals surface area (Å²) in [6.45, 7) is 3.41. The Balaban J connectivity index is 2.60. The van der Waals surface area contributed by atoms with E-state index in [1.807, 2.05) is 0 Å². The van der Waals surface area contributed by atoms with E-state index < -0.39 is 28.8 Å². The van der Waals surface area contributed by atoms with E-state index in [-0.39, 0.29) is 0 Å². The number of hydrogen-bond acceptors (Lipinski definition) is 1. The molecule has 0 radical (unpaired) electrons. The summed E-state index contributed by atoms with van der Waals surface area (Å²) >= 11 is 0. The van der Waals surface area contributed by atoms with E-state index in [4.69, 9.17) is 0 Å². The Morgan fingerprint density at radius 2 is 1.47 bits per heavy atom. The smallest absolute Gasteiger partial charge is 0.196 e. The van der Waals surface area contributed by atoms with Gasteiger partial charge >= 0.3 is 0 Å². The lowest BCUT2D eigenvalue weighted by molar-refractivity contribution is 0.103. The summed E-state index contributed by atoms with van der Waals surface area (Å²) in [6, 6.07) is 6.89. The number of ketones is 1. The quantitative estimate of drug-likeness (QED) is 0.593. The highest BCUT2D eigenvalue weighted by Gasteiger charge is 2.22. The molecule has 19 heavy (non-hydrogen) atoms. The lowest BCUT2D eigenvalue weighted by Crippen LogP contribution is -2.10. The second-order valence-corrected chi connectivity index (χ2v) is 4.32. The van der Waals surface area contributed by atoms with Crippen molar-refractivity contribution in [1.29, 1.82) is 0 Å². The second-order valence-electron chi connectivity index (χ2n) is 4.32. The van der Waals surface area contributed by atoms with Crippen LogP contribution in [0.25, 0.3) is 0 Å². The second kappa shape index (κ2) is 4.88. The van der Waals surface area contributed by atoms with Gasteiger partial charge in [-0.25, -0.2) is 13.2 Å². The monoisotopic (exact) mass is 264 g/mol. The third kappa shape index (κ3) is 2.26. The van der Waals surface area contributed by atoms with Gasteiger partial charge in [-0.15, -0.1) is 0 Å². The van der Waals surface area contributed by atoms with E-state index in [1.54, 1.807) is 32.0 Å². The molecule has 2 aromatic rings. The summed E-state index contributed by atoms with van der Waals surface area (Å²) in [4.78, 5) is 12.2. The molecular weight excluding hydrogens is 253 g/mol. The maximum Gasteiger partial charge on any atom is 0.196 e. The van der Waals surface area contributed by atoms with E-state index in [1.165, 1.54) is 0 Å². The molecule has 2 aromatic carbocycles. The molecule has 0 saturated carbocycles. The Bertz CT molecular complexity index is 642. The first-order valence-electron chi connectivity index (χ1n) is 5.68. The number of carbonyl (C=O) groups is 1. The van der Waals surface area contributed by atoms with Gasteiger partial charge in [-0.1, -0.05) is 18.2 Å². The SMILES string of the molecule is Cc1cccc(C)c1C(=O)c1ccc(F)c(F)c1F. The third-order valence-electron chi connectivity index (χ3n) is 2.99. The first kappa shape index (κ1) is 13.3. The van der Waals surface area contributed by atoms with Crippen LogP contribution in [-0.4, -0.2) is 5.78 Å². The standard InChI is InChI=1S/C15H11F3O/c1-8-4-3-5-9(2)12(8)15(19)10-6-7-11(16)14(18)13(10)17/h3-7H,1-2H3. The molecule has 0 aliphatic carbocycles. The van der Waals surface area contributed by atoms with Crippen molar-refractivity contribution in [2.24, 2.45) is 0 Å². The first-order chi connectivity index (χ1) is 8.93. The fraction of sp³-hybridized carbons (Fsp3) is 0.133. The number of benzene rings is 2. The van der Waals surface area contributed by atoms with Crippen molar-refractivity contribution in [1.82, 2.24) is 0 Å². The highest BCUT2D eigenvalue weighted by atomic mass is 19.2. The van der Waals surface area contributed by atoms with Crippen molar-refractivity contribution in [2.75, 3.05) is 0 Å². The largest absolute Gasteiger partial charge is 0.288 e. The summed E-state index contributed by atoms with van der Waals surface area (Å²) < 4.78 is 39.6. The van der Waals surface area contributed by atoms with Crippen LogP contribution in [0.2, 0.25) is 0 Å². The first-order valence-corrected chi connectivity index (χ1v) is 5.68. The van der Waals surface area contributed by atoms with Crippen molar-refractivity contribution in [2.45, 2.75) is 13.8 Å². The molecule has 1 nitrogen and oxygen atoms in total. The van der Waals surface area contributed by atoms with Gasteiger partial charge in [0.2, 0.25) is 0 Å². The Hall–Kier alpha value is -2.10. The summed E-state index contributed by atoms with van der Waals surface area (Å²) in [7, 11) is 0. The molecule has 0 fully saturated rings. The molecule has 0 amide bonds. The number of rotatable bonds is 2. The van der Waals surface area contributed by atoms with Gasteiger partial charge in [0, 0.05) is 5.56 Å². The van der Waals surface area contributed by atoms with Crippen LogP contribution in [0.1, 0.15) is 27.0 Å². The summed E-state index contributed by atoms with van der Waals surface area (Å²) in [5.41, 5.74) is 1.17. The highest BCUT2D eigenvalue weighted by Crippen LogP contribution is 2.22. The van der Waals surface area contributed by atoms with Gasteiger partial charge in [0.05, 0.1) is 5.56 Å². The molecule has 0 aromatic heterocycles. The Kier molecular flexibility index (Phi) is 3.42. The van der Waals surface area contributed by atoms with Crippen molar-refractivity contribution in [3.63, 3.8) is 0 Å². The molecule has 0 bridgehead atoms. The van der Waals surface area contributed by atoms with Gasteiger partial charge in [-0.05, 0) is 37.1 Å². The molecule has 0 unspecified atom stereocenters. The molecule has 0 N–H and O–H groups in total. The van der Waals surface area contributed by atoms with Crippen molar-refractivity contribution in [3.8, 4) is 0 Å². The molecule has 0 aliphatic heterocycles. The van der Waals surface area contributed by atoms with Crippen LogP contribution in [0.3, 0.4) is 0 Å². The number of aryl methyl sites for hydroxylation is 2. The van der Waals surface area contributed by atoms with Gasteiger partial charge in [-0.3, -0.25) is 4.79 Å². The van der Waals surface area contributed by atoms with E-state index >= 15 is 0 Å².